The van der Waals surface area contributed by atoms with Crippen molar-refractivity contribution < 1.29 is 17.9 Å². The third kappa shape index (κ3) is 2.85. The van der Waals surface area contributed by atoms with Crippen molar-refractivity contribution >= 4 is 21.7 Å². The fraction of sp³-hybridized carbons (Fsp3) is 0.353. The Kier molecular flexibility index (Phi) is 3.69. The number of ether oxygens (including phenoxy) is 1. The van der Waals surface area contributed by atoms with Crippen molar-refractivity contribution in [1.82, 2.24) is 4.72 Å². The molecule has 0 spiro atoms. The average molecular weight is 346 g/mol. The number of sulfonamides is 1. The molecule has 1 N–H and O–H groups in total. The van der Waals surface area contributed by atoms with Crippen molar-refractivity contribution in [2.75, 3.05) is 11.6 Å². The Morgan fingerprint density at radius 2 is 2.08 bits per heavy atom. The van der Waals surface area contributed by atoms with Crippen LogP contribution >= 0.6 is 0 Å². The number of hydrogen-bond donors (Lipinski definition) is 1. The quantitative estimate of drug-likeness (QED) is 0.850. The molecule has 2 aliphatic carbocycles. The lowest BCUT2D eigenvalue weighted by Gasteiger charge is -2.31. The number of anilines is 1. The summed E-state index contributed by atoms with van der Waals surface area (Å²) in [5, 5.41) is 0. The van der Waals surface area contributed by atoms with Gasteiger partial charge in [0.25, 0.3) is 0 Å². The van der Waals surface area contributed by atoms with Crippen LogP contribution in [0.1, 0.15) is 36.0 Å². The fourth-order valence-corrected chi connectivity index (χ4v) is 4.16. The number of nitrogens with one attached hydrogen (secondary N) is 1. The highest BCUT2D eigenvalue weighted by Crippen LogP contribution is 2.37. The molecule has 1 saturated carbocycles. The second-order valence-corrected chi connectivity index (χ2v) is 7.90. The van der Waals surface area contributed by atoms with Crippen LogP contribution in [0.2, 0.25) is 0 Å². The highest BCUT2D eigenvalue weighted by Gasteiger charge is 2.37. The Bertz CT molecular complexity index is 853. The van der Waals surface area contributed by atoms with E-state index in [1.807, 2.05) is 17.1 Å². The number of fused-ring (bicyclic) bond motifs is 1. The molecule has 1 aromatic rings. The predicted molar refractivity (Wildman–Crippen MR) is 89.0 cm³/mol. The molecule has 1 aliphatic heterocycles. The molecule has 6 nitrogen and oxygen atoms in total. The van der Waals surface area contributed by atoms with E-state index in [9.17, 15) is 13.2 Å². The van der Waals surface area contributed by atoms with Crippen LogP contribution in [0.5, 0.6) is 0 Å². The first-order valence-electron chi connectivity index (χ1n) is 8.04. The summed E-state index contributed by atoms with van der Waals surface area (Å²) < 4.78 is 32.5. The molecule has 126 valence electrons. The monoisotopic (exact) mass is 346 g/mol. The van der Waals surface area contributed by atoms with E-state index in [1.165, 1.54) is 6.07 Å². The van der Waals surface area contributed by atoms with E-state index in [0.717, 1.165) is 25.7 Å². The molecule has 0 saturated heterocycles. The number of nitrogens with zero attached hydrogens (tertiary/aromatic N) is 1. The van der Waals surface area contributed by atoms with Crippen LogP contribution in [0.4, 0.5) is 5.69 Å². The summed E-state index contributed by atoms with van der Waals surface area (Å²) in [6.45, 7) is 0.279. The molecule has 0 bridgehead atoms. The maximum atomic E-state index is 12.3. The van der Waals surface area contributed by atoms with Crippen LogP contribution in [0, 0.1) is 0 Å². The molecule has 1 fully saturated rings. The van der Waals surface area contributed by atoms with E-state index in [2.05, 4.69) is 4.72 Å². The molecule has 0 atom stereocenters. The molecule has 1 heterocycles. The Morgan fingerprint density at radius 3 is 2.79 bits per heavy atom. The summed E-state index contributed by atoms with van der Waals surface area (Å²) in [6.07, 6.45) is 9.43. The minimum atomic E-state index is -3.60. The molecule has 3 aliphatic rings. The molecule has 1 aromatic carbocycles. The van der Waals surface area contributed by atoms with Crippen LogP contribution < -0.4 is 9.62 Å². The van der Waals surface area contributed by atoms with Crippen LogP contribution in [-0.2, 0) is 14.8 Å². The lowest BCUT2D eigenvalue weighted by molar-refractivity contribution is 0.0635. The number of carbonyl (C=O) groups excluding carboxylic acids is 1. The SMILES string of the molecule is O=C(OC1=CCCC=C1)c1ccc2c(c1)S(=O)(=O)NCN2C1CC1. The third-order valence-corrected chi connectivity index (χ3v) is 5.79. The zero-order valence-corrected chi connectivity index (χ0v) is 13.9. The summed E-state index contributed by atoms with van der Waals surface area (Å²) in [7, 11) is -3.60. The van der Waals surface area contributed by atoms with Gasteiger partial charge in [-0.25, -0.2) is 13.2 Å². The molecule has 0 unspecified atom stereocenters. The van der Waals surface area contributed by atoms with E-state index >= 15 is 0 Å². The minimum absolute atomic E-state index is 0.142. The predicted octanol–water partition coefficient (Wildman–Crippen LogP) is 2.30. The smallest absolute Gasteiger partial charge is 0.343 e. The van der Waals surface area contributed by atoms with Crippen LogP contribution in [0.25, 0.3) is 0 Å². The van der Waals surface area contributed by atoms with Crippen molar-refractivity contribution in [3.8, 4) is 0 Å². The molecule has 24 heavy (non-hydrogen) atoms. The van der Waals surface area contributed by atoms with Crippen LogP contribution in [-0.4, -0.2) is 27.1 Å². The van der Waals surface area contributed by atoms with E-state index in [1.54, 1.807) is 18.2 Å². The molecular formula is C17H18N2O4S. The van der Waals surface area contributed by atoms with E-state index in [-0.39, 0.29) is 17.1 Å². The Morgan fingerprint density at radius 1 is 1.25 bits per heavy atom. The van der Waals surface area contributed by atoms with Gasteiger partial charge in [-0.15, -0.1) is 0 Å². The van der Waals surface area contributed by atoms with Gasteiger partial charge in [0.05, 0.1) is 17.9 Å². The molecule has 0 aromatic heterocycles. The molecular weight excluding hydrogens is 328 g/mol. The molecule has 7 heteroatoms. The van der Waals surface area contributed by atoms with Crippen molar-refractivity contribution in [2.45, 2.75) is 36.6 Å². The molecule has 0 radical (unpaired) electrons. The maximum Gasteiger partial charge on any atom is 0.343 e. The summed E-state index contributed by atoms with van der Waals surface area (Å²) in [4.78, 5) is 14.5. The number of carbonyl (C=O) groups is 1. The third-order valence-electron chi connectivity index (χ3n) is 4.38. The minimum Gasteiger partial charge on any atom is -0.423 e. The number of benzene rings is 1. The zero-order valence-electron chi connectivity index (χ0n) is 13.1. The van der Waals surface area contributed by atoms with E-state index < -0.39 is 16.0 Å². The molecule has 0 amide bonds. The highest BCUT2D eigenvalue weighted by molar-refractivity contribution is 7.89. The maximum absolute atomic E-state index is 12.3. The Hall–Kier alpha value is -2.12. The fourth-order valence-electron chi connectivity index (χ4n) is 2.95. The Labute approximate surface area is 140 Å². The van der Waals surface area contributed by atoms with Gasteiger partial charge in [-0.1, -0.05) is 6.08 Å². The van der Waals surface area contributed by atoms with Crippen LogP contribution in [0.15, 0.2) is 47.1 Å². The highest BCUT2D eigenvalue weighted by atomic mass is 32.2. The van der Waals surface area contributed by atoms with E-state index in [4.69, 9.17) is 4.74 Å². The average Bonchev–Trinajstić information content (AvgIpc) is 3.40. The lowest BCUT2D eigenvalue weighted by atomic mass is 10.1. The van der Waals surface area contributed by atoms with E-state index in [0.29, 0.717) is 17.5 Å². The molecule has 4 rings (SSSR count). The second kappa shape index (κ2) is 5.75. The van der Waals surface area contributed by atoms with Crippen molar-refractivity contribution in [2.24, 2.45) is 0 Å². The second-order valence-electron chi connectivity index (χ2n) is 6.17. The van der Waals surface area contributed by atoms with Gasteiger partial charge in [0, 0.05) is 6.04 Å². The van der Waals surface area contributed by atoms with Crippen molar-refractivity contribution in [3.05, 3.63) is 47.7 Å². The summed E-state index contributed by atoms with van der Waals surface area (Å²) in [5.41, 5.74) is 0.890. The standard InChI is InChI=1S/C17H18N2O4S/c20-17(23-14-4-2-1-3-5-14)12-6-9-15-16(10-12)24(21,22)18-11-19(15)13-7-8-13/h2,4-6,9-10,13,18H,1,3,7-8,11H2. The van der Waals surface area contributed by atoms with Gasteiger partial charge in [0.1, 0.15) is 10.7 Å². The zero-order chi connectivity index (χ0) is 16.7. The van der Waals surface area contributed by atoms with Gasteiger partial charge in [0.2, 0.25) is 10.0 Å². The first-order chi connectivity index (χ1) is 11.5. The van der Waals surface area contributed by atoms with Gasteiger partial charge in [-0.05, 0) is 56.0 Å². The topological polar surface area (TPSA) is 75.7 Å². The van der Waals surface area contributed by atoms with Gasteiger partial charge in [0.15, 0.2) is 0 Å². The summed E-state index contributed by atoms with van der Waals surface area (Å²) in [6, 6.07) is 5.11. The summed E-state index contributed by atoms with van der Waals surface area (Å²) in [5.74, 6) is -0.0427. The first kappa shape index (κ1) is 15.4. The van der Waals surface area contributed by atoms with Gasteiger partial charge >= 0.3 is 5.97 Å². The van der Waals surface area contributed by atoms with Gasteiger partial charge in [-0.3, -0.25) is 0 Å². The number of hydrogen-bond acceptors (Lipinski definition) is 5. The number of allylic oxidation sites excluding steroid dienone is 3. The van der Waals surface area contributed by atoms with Gasteiger partial charge in [-0.2, -0.15) is 4.72 Å². The van der Waals surface area contributed by atoms with Crippen molar-refractivity contribution in [1.29, 1.82) is 0 Å². The Balaban J connectivity index is 1.65. The first-order valence-corrected chi connectivity index (χ1v) is 9.52. The largest absolute Gasteiger partial charge is 0.423 e. The lowest BCUT2D eigenvalue weighted by Crippen LogP contribution is -2.44. The summed E-state index contributed by atoms with van der Waals surface area (Å²) >= 11 is 0. The number of esters is 1. The number of rotatable bonds is 3. The van der Waals surface area contributed by atoms with Gasteiger partial charge < -0.3 is 9.64 Å². The van der Waals surface area contributed by atoms with Crippen LogP contribution in [0.3, 0.4) is 0 Å². The normalized spacial score (nSPS) is 21.8. The van der Waals surface area contributed by atoms with Crippen molar-refractivity contribution in [3.63, 3.8) is 0 Å².